The van der Waals surface area contributed by atoms with Crippen LogP contribution in [0.4, 0.5) is 0 Å². The Bertz CT molecular complexity index is 1920. The number of carbonyl (C=O) groups is 2. The maximum absolute atomic E-state index is 12.4. The van der Waals surface area contributed by atoms with Crippen LogP contribution < -0.4 is 5.32 Å². The largest absolute Gasteiger partial charge is 0.508 e. The first-order chi connectivity index (χ1) is 24.2. The van der Waals surface area contributed by atoms with E-state index in [9.17, 15) is 19.8 Å². The first-order valence-electron chi connectivity index (χ1n) is 16.1. The molecule has 1 saturated heterocycles. The van der Waals surface area contributed by atoms with Crippen LogP contribution in [-0.4, -0.2) is 60.3 Å². The smallest absolute Gasteiger partial charge is 0.303 e. The zero-order valence-electron chi connectivity index (χ0n) is 27.5. The molecule has 5 aromatic rings. The number of ether oxygens (including phenoxy) is 3. The molecular formula is C37H37N5O7S. The van der Waals surface area contributed by atoms with Crippen LogP contribution in [-0.2, 0) is 37.0 Å². The fraction of sp³-hybridized carbons (Fsp3) is 0.270. The molecule has 50 heavy (non-hydrogen) atoms. The lowest BCUT2D eigenvalue weighted by Gasteiger charge is -2.36. The summed E-state index contributed by atoms with van der Waals surface area (Å²) in [5.41, 5.74) is 6.16. The van der Waals surface area contributed by atoms with Gasteiger partial charge < -0.3 is 29.7 Å². The number of esters is 1. The van der Waals surface area contributed by atoms with Gasteiger partial charge in [0, 0.05) is 31.2 Å². The molecule has 6 rings (SSSR count). The molecule has 4 atom stereocenters. The van der Waals surface area contributed by atoms with E-state index in [-0.39, 0.29) is 37.0 Å². The number of nitrogens with zero attached hydrogens (tertiary/aromatic N) is 4. The number of amides is 1. The van der Waals surface area contributed by atoms with Crippen LogP contribution in [0.2, 0.25) is 0 Å². The maximum Gasteiger partial charge on any atom is 0.303 e. The average molecular weight is 696 g/mol. The van der Waals surface area contributed by atoms with E-state index in [1.807, 2.05) is 72.8 Å². The molecule has 1 aliphatic rings. The van der Waals surface area contributed by atoms with E-state index in [0.29, 0.717) is 17.3 Å². The minimum Gasteiger partial charge on any atom is -0.508 e. The third-order valence-electron chi connectivity index (χ3n) is 8.15. The lowest BCUT2D eigenvalue weighted by molar-refractivity contribution is -0.245. The number of carbonyl (C=O) groups excluding carboxylic acids is 2. The van der Waals surface area contributed by atoms with Crippen molar-refractivity contribution in [2.24, 2.45) is 0 Å². The zero-order chi connectivity index (χ0) is 35.0. The highest BCUT2D eigenvalue weighted by atomic mass is 32.2. The van der Waals surface area contributed by atoms with Crippen molar-refractivity contribution in [1.82, 2.24) is 25.5 Å². The van der Waals surface area contributed by atoms with Gasteiger partial charge in [0.25, 0.3) is 5.91 Å². The number of tetrazole rings is 1. The van der Waals surface area contributed by atoms with Crippen molar-refractivity contribution in [2.75, 3.05) is 5.75 Å². The van der Waals surface area contributed by atoms with Gasteiger partial charge in [0.05, 0.1) is 24.5 Å². The highest BCUT2D eigenvalue weighted by Crippen LogP contribution is 2.40. The second-order valence-corrected chi connectivity index (χ2v) is 12.8. The van der Waals surface area contributed by atoms with E-state index in [0.717, 1.165) is 39.1 Å². The molecule has 2 heterocycles. The number of rotatable bonds is 12. The quantitative estimate of drug-likeness (QED) is 0.113. The standard InChI is InChI=1S/C37H37N5O7S/c1-23(47-24(2)44)35(46)38-20-26-5-3-6-28(17-26)29-7-4-8-30(18-29)36-48-33(19-34(49-36)27-11-9-25(21-43)10-12-27)22-50-37-39-40-41-42(37)31-13-15-32(45)16-14-31/h3-18,23,33-34,36,43,45H,19-22H2,1-2H3,(H,38,46)/t23-,33+,34-,36-/m0/s1. The Balaban J connectivity index is 1.20. The van der Waals surface area contributed by atoms with Crippen LogP contribution in [0.25, 0.3) is 16.8 Å². The lowest BCUT2D eigenvalue weighted by atomic mass is 9.99. The Kier molecular flexibility index (Phi) is 11.2. The van der Waals surface area contributed by atoms with Crippen LogP contribution in [0.3, 0.4) is 0 Å². The lowest BCUT2D eigenvalue weighted by Crippen LogP contribution is -2.35. The number of phenolic OH excluding ortho intramolecular Hbond substituents is 1. The van der Waals surface area contributed by atoms with Crippen LogP contribution in [0, 0.1) is 0 Å². The number of benzene rings is 4. The predicted molar refractivity (Wildman–Crippen MR) is 185 cm³/mol. The third-order valence-corrected chi connectivity index (χ3v) is 9.20. The Hall–Kier alpha value is -5.08. The third kappa shape index (κ3) is 8.74. The SMILES string of the molecule is CC(=O)O[C@@H](C)C(=O)NCc1cccc(-c2cccc([C@H]3O[C@@H](CSc4nnnn4-c4ccc(O)cc4)C[C@@H](c4ccc(CO)cc4)O3)c2)c1. The van der Waals surface area contributed by atoms with Crippen LogP contribution in [0.15, 0.2) is 102 Å². The van der Waals surface area contributed by atoms with Gasteiger partial charge in [-0.25, -0.2) is 0 Å². The molecule has 0 unspecified atom stereocenters. The second-order valence-electron chi connectivity index (χ2n) is 11.8. The number of thioether (sulfide) groups is 1. The highest BCUT2D eigenvalue weighted by molar-refractivity contribution is 7.99. The van der Waals surface area contributed by atoms with Gasteiger partial charge >= 0.3 is 5.97 Å². The number of aromatic nitrogens is 4. The molecule has 0 aliphatic carbocycles. The van der Waals surface area contributed by atoms with Crippen molar-refractivity contribution in [3.8, 4) is 22.6 Å². The van der Waals surface area contributed by atoms with Crippen molar-refractivity contribution in [1.29, 1.82) is 0 Å². The van der Waals surface area contributed by atoms with E-state index < -0.39 is 18.4 Å². The molecule has 0 saturated carbocycles. The zero-order valence-corrected chi connectivity index (χ0v) is 28.3. The van der Waals surface area contributed by atoms with Crippen molar-refractivity contribution in [2.45, 2.75) is 63.2 Å². The Morgan fingerprint density at radius 2 is 1.70 bits per heavy atom. The van der Waals surface area contributed by atoms with Gasteiger partial charge in [-0.2, -0.15) is 4.68 Å². The molecule has 0 spiro atoms. The number of nitrogens with one attached hydrogen (secondary N) is 1. The normalized spacial score (nSPS) is 17.9. The van der Waals surface area contributed by atoms with E-state index >= 15 is 0 Å². The molecule has 13 heteroatoms. The van der Waals surface area contributed by atoms with Crippen molar-refractivity contribution >= 4 is 23.6 Å². The summed E-state index contributed by atoms with van der Waals surface area (Å²) in [6.45, 7) is 3.04. The van der Waals surface area contributed by atoms with Crippen molar-refractivity contribution in [3.05, 3.63) is 119 Å². The molecule has 3 N–H and O–H groups in total. The molecule has 4 aromatic carbocycles. The number of aliphatic hydroxyl groups excluding tert-OH is 1. The van der Waals surface area contributed by atoms with Gasteiger partial charge in [0.1, 0.15) is 5.75 Å². The summed E-state index contributed by atoms with van der Waals surface area (Å²) in [5, 5.41) is 34.9. The van der Waals surface area contributed by atoms with Crippen LogP contribution in [0.5, 0.6) is 5.75 Å². The van der Waals surface area contributed by atoms with Gasteiger partial charge in [0.2, 0.25) is 5.16 Å². The number of aromatic hydroxyl groups is 1. The molecule has 258 valence electrons. The van der Waals surface area contributed by atoms with E-state index in [2.05, 4.69) is 20.8 Å². The molecule has 1 aromatic heterocycles. The summed E-state index contributed by atoms with van der Waals surface area (Å²) < 4.78 is 19.8. The molecule has 1 fully saturated rings. The Labute approximate surface area is 293 Å². The van der Waals surface area contributed by atoms with Gasteiger partial charge in [0.15, 0.2) is 12.4 Å². The summed E-state index contributed by atoms with van der Waals surface area (Å²) in [6, 6.07) is 30.2. The maximum atomic E-state index is 12.4. The van der Waals surface area contributed by atoms with E-state index in [1.54, 1.807) is 28.9 Å². The fourth-order valence-corrected chi connectivity index (χ4v) is 6.48. The molecule has 0 radical (unpaired) electrons. The van der Waals surface area contributed by atoms with Gasteiger partial charge in [-0.3, -0.25) is 9.59 Å². The van der Waals surface area contributed by atoms with E-state index in [4.69, 9.17) is 14.2 Å². The molecule has 1 amide bonds. The van der Waals surface area contributed by atoms with Crippen molar-refractivity contribution < 1.29 is 34.0 Å². The van der Waals surface area contributed by atoms with Gasteiger partial charge in [-0.1, -0.05) is 72.4 Å². The average Bonchev–Trinajstić information content (AvgIpc) is 3.62. The van der Waals surface area contributed by atoms with Crippen molar-refractivity contribution in [3.63, 3.8) is 0 Å². The summed E-state index contributed by atoms with van der Waals surface area (Å²) in [5.74, 6) is -0.176. The van der Waals surface area contributed by atoms with Crippen LogP contribution >= 0.6 is 11.8 Å². The number of hydrogen-bond donors (Lipinski definition) is 3. The summed E-state index contributed by atoms with van der Waals surface area (Å²) in [4.78, 5) is 23.6. The van der Waals surface area contributed by atoms with Crippen LogP contribution in [0.1, 0.15) is 54.9 Å². The summed E-state index contributed by atoms with van der Waals surface area (Å²) in [6.07, 6.45) is -1.46. The molecule has 0 bridgehead atoms. The summed E-state index contributed by atoms with van der Waals surface area (Å²) in [7, 11) is 0. The molecule has 12 nitrogen and oxygen atoms in total. The summed E-state index contributed by atoms with van der Waals surface area (Å²) >= 11 is 1.47. The molecular weight excluding hydrogens is 659 g/mol. The fourth-order valence-electron chi connectivity index (χ4n) is 5.58. The Morgan fingerprint density at radius 3 is 2.44 bits per heavy atom. The first kappa shape index (κ1) is 34.8. The Morgan fingerprint density at radius 1 is 0.960 bits per heavy atom. The molecule has 1 aliphatic heterocycles. The van der Waals surface area contributed by atoms with Gasteiger partial charge in [-0.15, -0.1) is 5.10 Å². The number of hydrogen-bond acceptors (Lipinski definition) is 11. The highest BCUT2D eigenvalue weighted by Gasteiger charge is 2.33. The topological polar surface area (TPSA) is 158 Å². The minimum absolute atomic E-state index is 0.0413. The first-order valence-corrected chi connectivity index (χ1v) is 17.1. The number of aliphatic hydroxyl groups is 1. The second kappa shape index (κ2) is 16.1. The monoisotopic (exact) mass is 695 g/mol. The predicted octanol–water partition coefficient (Wildman–Crippen LogP) is 5.43. The minimum atomic E-state index is -0.879. The number of phenols is 1. The van der Waals surface area contributed by atoms with E-state index in [1.165, 1.54) is 25.6 Å². The van der Waals surface area contributed by atoms with Gasteiger partial charge in [-0.05, 0) is 81.6 Å².